The summed E-state index contributed by atoms with van der Waals surface area (Å²) in [7, 11) is 0. The standard InChI is InChI=1S/C27H30/c1-2-3-4-5-6-7-8-11-21-14-15-24-19-26-17-22-12-9-10-13-23(22)18-27(26)20-25(24)16-21/h9-10,12-20H,2-8,11H2,1H3. The van der Waals surface area contributed by atoms with Crippen molar-refractivity contribution in [3.05, 3.63) is 72.3 Å². The van der Waals surface area contributed by atoms with E-state index in [0.29, 0.717) is 0 Å². The minimum Gasteiger partial charge on any atom is -0.0654 e. The molecule has 0 aliphatic heterocycles. The molecule has 4 aromatic rings. The van der Waals surface area contributed by atoms with Crippen LogP contribution < -0.4 is 0 Å². The summed E-state index contributed by atoms with van der Waals surface area (Å²) in [5.74, 6) is 0. The van der Waals surface area contributed by atoms with E-state index in [4.69, 9.17) is 0 Å². The first-order valence-corrected chi connectivity index (χ1v) is 10.7. The van der Waals surface area contributed by atoms with Crippen LogP contribution in [0.15, 0.2) is 66.7 Å². The fraction of sp³-hybridized carbons (Fsp3) is 0.333. The fourth-order valence-corrected chi connectivity index (χ4v) is 4.18. The summed E-state index contributed by atoms with van der Waals surface area (Å²) in [4.78, 5) is 0. The Bertz CT molecular complexity index is 1040. The topological polar surface area (TPSA) is 0 Å². The van der Waals surface area contributed by atoms with Crippen molar-refractivity contribution in [1.82, 2.24) is 0 Å². The van der Waals surface area contributed by atoms with Crippen molar-refractivity contribution in [1.29, 1.82) is 0 Å². The average Bonchev–Trinajstić information content (AvgIpc) is 2.70. The molecule has 138 valence electrons. The first kappa shape index (κ1) is 18.0. The quantitative estimate of drug-likeness (QED) is 0.220. The van der Waals surface area contributed by atoms with Gasteiger partial charge < -0.3 is 0 Å². The molecule has 4 rings (SSSR count). The van der Waals surface area contributed by atoms with Gasteiger partial charge in [-0.15, -0.1) is 0 Å². The zero-order valence-corrected chi connectivity index (χ0v) is 16.5. The van der Waals surface area contributed by atoms with E-state index in [-0.39, 0.29) is 0 Å². The van der Waals surface area contributed by atoms with Crippen molar-refractivity contribution in [3.63, 3.8) is 0 Å². The van der Waals surface area contributed by atoms with Gasteiger partial charge in [0, 0.05) is 0 Å². The molecule has 0 heterocycles. The Morgan fingerprint density at radius 2 is 1.00 bits per heavy atom. The lowest BCUT2D eigenvalue weighted by Crippen LogP contribution is -1.87. The first-order valence-electron chi connectivity index (χ1n) is 10.7. The van der Waals surface area contributed by atoms with Gasteiger partial charge in [-0.1, -0.05) is 87.9 Å². The third-order valence-electron chi connectivity index (χ3n) is 5.79. The maximum Gasteiger partial charge on any atom is -0.0171 e. The van der Waals surface area contributed by atoms with Gasteiger partial charge in [0.15, 0.2) is 0 Å². The van der Waals surface area contributed by atoms with Crippen molar-refractivity contribution in [2.24, 2.45) is 0 Å². The van der Waals surface area contributed by atoms with E-state index >= 15 is 0 Å². The minimum atomic E-state index is 1.21. The predicted octanol–water partition coefficient (Wildman–Crippen LogP) is 8.44. The molecule has 0 saturated heterocycles. The van der Waals surface area contributed by atoms with E-state index in [1.807, 2.05) is 0 Å². The van der Waals surface area contributed by atoms with E-state index in [0.717, 1.165) is 0 Å². The highest BCUT2D eigenvalue weighted by molar-refractivity contribution is 6.04. The Hall–Kier alpha value is -2.34. The van der Waals surface area contributed by atoms with Crippen LogP contribution in [0.5, 0.6) is 0 Å². The molecule has 0 amide bonds. The summed E-state index contributed by atoms with van der Waals surface area (Å²) in [6, 6.07) is 25.0. The van der Waals surface area contributed by atoms with Crippen molar-refractivity contribution in [2.45, 2.75) is 58.3 Å². The molecule has 0 saturated carbocycles. The maximum absolute atomic E-state index is 2.40. The van der Waals surface area contributed by atoms with Crippen LogP contribution in [0.4, 0.5) is 0 Å². The third-order valence-corrected chi connectivity index (χ3v) is 5.79. The Kier molecular flexibility index (Phi) is 5.72. The second-order valence-corrected chi connectivity index (χ2v) is 7.95. The van der Waals surface area contributed by atoms with Gasteiger partial charge in [0.05, 0.1) is 0 Å². The van der Waals surface area contributed by atoms with Gasteiger partial charge in [0.1, 0.15) is 0 Å². The monoisotopic (exact) mass is 354 g/mol. The molecule has 0 aliphatic carbocycles. The number of aryl methyl sites for hydroxylation is 1. The van der Waals surface area contributed by atoms with Crippen molar-refractivity contribution < 1.29 is 0 Å². The molecule has 27 heavy (non-hydrogen) atoms. The van der Waals surface area contributed by atoms with Crippen molar-refractivity contribution in [3.8, 4) is 0 Å². The molecular formula is C27H30. The highest BCUT2D eigenvalue weighted by Crippen LogP contribution is 2.28. The highest BCUT2D eigenvalue weighted by Gasteiger charge is 2.03. The molecule has 0 heteroatoms. The van der Waals surface area contributed by atoms with Crippen molar-refractivity contribution in [2.75, 3.05) is 0 Å². The molecule has 0 unspecified atom stereocenters. The Labute approximate surface area is 163 Å². The lowest BCUT2D eigenvalue weighted by molar-refractivity contribution is 0.589. The number of unbranched alkanes of at least 4 members (excludes halogenated alkanes) is 6. The van der Waals surface area contributed by atoms with Gasteiger partial charge in [-0.05, 0) is 75.0 Å². The van der Waals surface area contributed by atoms with E-state index in [1.54, 1.807) is 0 Å². The number of fused-ring (bicyclic) bond motifs is 3. The van der Waals surface area contributed by atoms with Crippen LogP contribution in [-0.2, 0) is 6.42 Å². The Balaban J connectivity index is 1.49. The molecule has 0 N–H and O–H groups in total. The second kappa shape index (κ2) is 8.57. The van der Waals surface area contributed by atoms with Crippen LogP contribution in [0.25, 0.3) is 32.3 Å². The zero-order valence-electron chi connectivity index (χ0n) is 16.5. The van der Waals surface area contributed by atoms with E-state index < -0.39 is 0 Å². The highest BCUT2D eigenvalue weighted by atomic mass is 14.1. The van der Waals surface area contributed by atoms with Crippen molar-refractivity contribution >= 4 is 32.3 Å². The van der Waals surface area contributed by atoms with Gasteiger partial charge >= 0.3 is 0 Å². The van der Waals surface area contributed by atoms with Gasteiger partial charge in [-0.2, -0.15) is 0 Å². The van der Waals surface area contributed by atoms with E-state index in [1.165, 1.54) is 89.2 Å². The molecule has 0 aromatic heterocycles. The summed E-state index contributed by atoms with van der Waals surface area (Å²) < 4.78 is 0. The summed E-state index contributed by atoms with van der Waals surface area (Å²) in [5.41, 5.74) is 1.48. The smallest absolute Gasteiger partial charge is 0.0171 e. The normalized spacial score (nSPS) is 11.6. The molecule has 0 bridgehead atoms. The van der Waals surface area contributed by atoms with E-state index in [9.17, 15) is 0 Å². The van der Waals surface area contributed by atoms with Crippen LogP contribution in [-0.4, -0.2) is 0 Å². The van der Waals surface area contributed by atoms with Crippen LogP contribution >= 0.6 is 0 Å². The summed E-state index contributed by atoms with van der Waals surface area (Å²) in [6.07, 6.45) is 10.8. The van der Waals surface area contributed by atoms with Crippen LogP contribution in [0.2, 0.25) is 0 Å². The summed E-state index contributed by atoms with van der Waals surface area (Å²) in [6.45, 7) is 2.28. The molecule has 0 nitrogen and oxygen atoms in total. The maximum atomic E-state index is 2.40. The predicted molar refractivity (Wildman–Crippen MR) is 121 cm³/mol. The lowest BCUT2D eigenvalue weighted by atomic mass is 9.97. The summed E-state index contributed by atoms with van der Waals surface area (Å²) >= 11 is 0. The van der Waals surface area contributed by atoms with Gasteiger partial charge in [0.25, 0.3) is 0 Å². The lowest BCUT2D eigenvalue weighted by Gasteiger charge is -2.08. The van der Waals surface area contributed by atoms with Gasteiger partial charge in [-0.3, -0.25) is 0 Å². The average molecular weight is 355 g/mol. The zero-order chi connectivity index (χ0) is 18.5. The molecule has 4 aromatic carbocycles. The van der Waals surface area contributed by atoms with Gasteiger partial charge in [-0.25, -0.2) is 0 Å². The largest absolute Gasteiger partial charge is 0.0654 e. The molecule has 0 radical (unpaired) electrons. The molecular weight excluding hydrogens is 324 g/mol. The minimum absolute atomic E-state index is 1.21. The molecule has 0 spiro atoms. The number of hydrogen-bond donors (Lipinski definition) is 0. The number of rotatable bonds is 8. The summed E-state index contributed by atoms with van der Waals surface area (Å²) in [5, 5.41) is 8.04. The third kappa shape index (κ3) is 4.33. The second-order valence-electron chi connectivity index (χ2n) is 7.95. The van der Waals surface area contributed by atoms with Gasteiger partial charge in [0.2, 0.25) is 0 Å². The fourth-order valence-electron chi connectivity index (χ4n) is 4.18. The number of hydrogen-bond acceptors (Lipinski definition) is 0. The van der Waals surface area contributed by atoms with Crippen LogP contribution in [0, 0.1) is 0 Å². The number of benzene rings is 4. The van der Waals surface area contributed by atoms with Crippen LogP contribution in [0.1, 0.15) is 57.4 Å². The van der Waals surface area contributed by atoms with E-state index in [2.05, 4.69) is 73.7 Å². The van der Waals surface area contributed by atoms with Crippen LogP contribution in [0.3, 0.4) is 0 Å². The SMILES string of the molecule is CCCCCCCCCc1ccc2cc3cc4ccccc4cc3cc2c1. The molecule has 0 aliphatic rings. The Morgan fingerprint density at radius 1 is 0.481 bits per heavy atom. The molecule has 0 fully saturated rings. The first-order chi connectivity index (χ1) is 13.3. The Morgan fingerprint density at radius 3 is 1.67 bits per heavy atom. The molecule has 0 atom stereocenters.